The van der Waals surface area contributed by atoms with Crippen molar-refractivity contribution in [2.75, 3.05) is 64.3 Å². The fourth-order valence-corrected chi connectivity index (χ4v) is 4.98. The SMILES string of the molecule is CC(=O)N1CCN(C(=O)c2ccc(CSc3nc(Cl)cc(N4CCN(C)CC4)n3)cc2)CC1. The molecule has 0 saturated carbocycles. The fraction of sp³-hybridized carbons (Fsp3) is 0.478. The number of piperazine rings is 2. The average Bonchev–Trinajstić information content (AvgIpc) is 2.83. The van der Waals surface area contributed by atoms with Gasteiger partial charge in [-0.3, -0.25) is 9.59 Å². The summed E-state index contributed by atoms with van der Waals surface area (Å²) in [5.74, 6) is 1.63. The van der Waals surface area contributed by atoms with Gasteiger partial charge in [0.2, 0.25) is 5.91 Å². The lowest BCUT2D eigenvalue weighted by atomic mass is 10.1. The molecule has 8 nitrogen and oxygen atoms in total. The molecule has 2 aliphatic rings. The predicted molar refractivity (Wildman–Crippen MR) is 131 cm³/mol. The van der Waals surface area contributed by atoms with Crippen molar-refractivity contribution >= 4 is 41.0 Å². The number of thioether (sulfide) groups is 1. The quantitative estimate of drug-likeness (QED) is 0.363. The van der Waals surface area contributed by atoms with E-state index < -0.39 is 0 Å². The van der Waals surface area contributed by atoms with Crippen LogP contribution in [-0.2, 0) is 10.5 Å². The number of rotatable bonds is 5. The first-order valence-electron chi connectivity index (χ1n) is 11.1. The van der Waals surface area contributed by atoms with E-state index in [2.05, 4.69) is 21.8 Å². The van der Waals surface area contributed by atoms with E-state index in [9.17, 15) is 9.59 Å². The smallest absolute Gasteiger partial charge is 0.253 e. The standard InChI is InChI=1S/C23H29ClN6O2S/c1-17(31)28-11-13-30(14-12-28)22(32)19-5-3-18(4-6-19)16-33-23-25-20(24)15-21(26-23)29-9-7-27(2)8-10-29/h3-6,15H,7-14,16H2,1-2H3. The number of amides is 2. The highest BCUT2D eigenvalue weighted by molar-refractivity contribution is 7.98. The first kappa shape index (κ1) is 23.8. The van der Waals surface area contributed by atoms with Gasteiger partial charge >= 0.3 is 0 Å². The second kappa shape index (κ2) is 10.7. The predicted octanol–water partition coefficient (Wildman–Crippen LogP) is 2.48. The number of likely N-dealkylation sites (N-methyl/N-ethyl adjacent to an activating group) is 1. The van der Waals surface area contributed by atoms with Crippen LogP contribution >= 0.6 is 23.4 Å². The number of aromatic nitrogens is 2. The minimum Gasteiger partial charge on any atom is -0.354 e. The summed E-state index contributed by atoms with van der Waals surface area (Å²) in [5.41, 5.74) is 1.75. The second-order valence-electron chi connectivity index (χ2n) is 8.41. The number of hydrogen-bond acceptors (Lipinski definition) is 7. The molecular weight excluding hydrogens is 460 g/mol. The summed E-state index contributed by atoms with van der Waals surface area (Å²) in [6.45, 7) is 7.73. The third-order valence-corrected chi connectivity index (χ3v) is 7.18. The molecule has 2 aromatic rings. The molecular formula is C23H29ClN6O2S. The van der Waals surface area contributed by atoms with Crippen LogP contribution in [-0.4, -0.2) is 95.9 Å². The molecule has 0 unspecified atom stereocenters. The van der Waals surface area contributed by atoms with Gasteiger partial charge in [-0.25, -0.2) is 9.97 Å². The van der Waals surface area contributed by atoms with Gasteiger partial charge in [-0.2, -0.15) is 0 Å². The Labute approximate surface area is 203 Å². The van der Waals surface area contributed by atoms with Crippen molar-refractivity contribution in [3.05, 3.63) is 46.6 Å². The lowest BCUT2D eigenvalue weighted by Gasteiger charge is -2.34. The van der Waals surface area contributed by atoms with E-state index in [4.69, 9.17) is 16.6 Å². The Kier molecular flexibility index (Phi) is 7.72. The third kappa shape index (κ3) is 6.16. The Morgan fingerprint density at radius 2 is 1.58 bits per heavy atom. The minimum absolute atomic E-state index is 0.00685. The molecule has 176 valence electrons. The Morgan fingerprint density at radius 1 is 0.939 bits per heavy atom. The van der Waals surface area contributed by atoms with Crippen LogP contribution in [0.4, 0.5) is 5.82 Å². The number of benzene rings is 1. The summed E-state index contributed by atoms with van der Waals surface area (Å²) in [6.07, 6.45) is 0. The van der Waals surface area contributed by atoms with Gasteiger partial charge in [0, 0.05) is 76.7 Å². The molecule has 33 heavy (non-hydrogen) atoms. The van der Waals surface area contributed by atoms with E-state index in [1.807, 2.05) is 35.2 Å². The van der Waals surface area contributed by atoms with E-state index in [0.717, 1.165) is 37.6 Å². The topological polar surface area (TPSA) is 72.9 Å². The van der Waals surface area contributed by atoms with Crippen molar-refractivity contribution in [3.63, 3.8) is 0 Å². The van der Waals surface area contributed by atoms with Crippen LogP contribution in [0.25, 0.3) is 0 Å². The van der Waals surface area contributed by atoms with Crippen LogP contribution in [0.1, 0.15) is 22.8 Å². The third-order valence-electron chi connectivity index (χ3n) is 6.07. The summed E-state index contributed by atoms with van der Waals surface area (Å²) in [4.78, 5) is 41.5. The average molecular weight is 489 g/mol. The first-order valence-corrected chi connectivity index (χ1v) is 12.5. The van der Waals surface area contributed by atoms with Gasteiger partial charge < -0.3 is 19.6 Å². The van der Waals surface area contributed by atoms with Crippen molar-refractivity contribution in [3.8, 4) is 0 Å². The lowest BCUT2D eigenvalue weighted by Crippen LogP contribution is -2.50. The Hall–Kier alpha value is -2.36. The molecule has 0 atom stereocenters. The molecule has 0 bridgehead atoms. The van der Waals surface area contributed by atoms with E-state index in [0.29, 0.717) is 47.8 Å². The Morgan fingerprint density at radius 3 is 2.21 bits per heavy atom. The van der Waals surface area contributed by atoms with E-state index >= 15 is 0 Å². The van der Waals surface area contributed by atoms with Crippen molar-refractivity contribution in [1.82, 2.24) is 24.7 Å². The van der Waals surface area contributed by atoms with Gasteiger partial charge in [0.25, 0.3) is 5.91 Å². The van der Waals surface area contributed by atoms with Crippen LogP contribution in [0.15, 0.2) is 35.5 Å². The Balaban J connectivity index is 1.33. The van der Waals surface area contributed by atoms with E-state index in [1.54, 1.807) is 11.8 Å². The molecule has 0 N–H and O–H groups in total. The summed E-state index contributed by atoms with van der Waals surface area (Å²) in [6, 6.07) is 9.50. The van der Waals surface area contributed by atoms with Gasteiger partial charge in [0.1, 0.15) is 11.0 Å². The zero-order chi connectivity index (χ0) is 23.4. The number of anilines is 1. The van der Waals surface area contributed by atoms with E-state index in [1.165, 1.54) is 11.8 Å². The van der Waals surface area contributed by atoms with Crippen molar-refractivity contribution in [1.29, 1.82) is 0 Å². The zero-order valence-electron chi connectivity index (χ0n) is 19.0. The number of carbonyl (C=O) groups excluding carboxylic acids is 2. The van der Waals surface area contributed by atoms with Crippen LogP contribution < -0.4 is 4.90 Å². The molecule has 2 amide bonds. The summed E-state index contributed by atoms with van der Waals surface area (Å²) >= 11 is 7.81. The Bertz CT molecular complexity index is 989. The molecule has 3 heterocycles. The number of carbonyl (C=O) groups is 2. The van der Waals surface area contributed by atoms with Crippen molar-refractivity contribution < 1.29 is 9.59 Å². The van der Waals surface area contributed by atoms with Gasteiger partial charge in [-0.05, 0) is 24.7 Å². The molecule has 1 aromatic carbocycles. The molecule has 4 rings (SSSR count). The highest BCUT2D eigenvalue weighted by Crippen LogP contribution is 2.25. The number of halogens is 1. The summed E-state index contributed by atoms with van der Waals surface area (Å²) in [7, 11) is 2.12. The van der Waals surface area contributed by atoms with Crippen LogP contribution in [0.5, 0.6) is 0 Å². The number of nitrogens with zero attached hydrogens (tertiary/aromatic N) is 6. The van der Waals surface area contributed by atoms with Crippen LogP contribution in [0.2, 0.25) is 5.15 Å². The fourth-order valence-electron chi connectivity index (χ4n) is 3.95. The maximum atomic E-state index is 12.8. The number of hydrogen-bond donors (Lipinski definition) is 0. The summed E-state index contributed by atoms with van der Waals surface area (Å²) < 4.78 is 0. The molecule has 2 fully saturated rings. The molecule has 2 saturated heterocycles. The monoisotopic (exact) mass is 488 g/mol. The lowest BCUT2D eigenvalue weighted by molar-refractivity contribution is -0.130. The largest absolute Gasteiger partial charge is 0.354 e. The van der Waals surface area contributed by atoms with Gasteiger partial charge in [0.05, 0.1) is 0 Å². The highest BCUT2D eigenvalue weighted by Gasteiger charge is 2.23. The second-order valence-corrected chi connectivity index (χ2v) is 9.74. The molecule has 0 aliphatic carbocycles. The molecule has 1 aromatic heterocycles. The van der Waals surface area contributed by atoms with E-state index in [-0.39, 0.29) is 11.8 Å². The maximum absolute atomic E-state index is 12.8. The van der Waals surface area contributed by atoms with Gasteiger partial charge in [-0.15, -0.1) is 0 Å². The molecule has 2 aliphatic heterocycles. The van der Waals surface area contributed by atoms with Crippen molar-refractivity contribution in [2.45, 2.75) is 17.8 Å². The first-order chi connectivity index (χ1) is 15.9. The van der Waals surface area contributed by atoms with Crippen LogP contribution in [0.3, 0.4) is 0 Å². The van der Waals surface area contributed by atoms with Gasteiger partial charge in [0.15, 0.2) is 5.16 Å². The van der Waals surface area contributed by atoms with Crippen LogP contribution in [0, 0.1) is 0 Å². The van der Waals surface area contributed by atoms with Gasteiger partial charge in [-0.1, -0.05) is 35.5 Å². The molecule has 0 radical (unpaired) electrons. The molecule has 10 heteroatoms. The highest BCUT2D eigenvalue weighted by atomic mass is 35.5. The summed E-state index contributed by atoms with van der Waals surface area (Å²) in [5, 5.41) is 1.10. The minimum atomic E-state index is 0.00685. The zero-order valence-corrected chi connectivity index (χ0v) is 20.6. The molecule has 0 spiro atoms. The maximum Gasteiger partial charge on any atom is 0.253 e. The van der Waals surface area contributed by atoms with Crippen molar-refractivity contribution in [2.24, 2.45) is 0 Å². The normalized spacial score (nSPS) is 17.4.